The van der Waals surface area contributed by atoms with Gasteiger partial charge in [-0.3, -0.25) is 0 Å². The van der Waals surface area contributed by atoms with Crippen molar-refractivity contribution in [2.24, 2.45) is 0 Å². The Hall–Kier alpha value is -1.39. The van der Waals surface area contributed by atoms with Crippen molar-refractivity contribution in [2.45, 2.75) is 17.4 Å². The number of halogens is 2. The first kappa shape index (κ1) is 15.0. The highest BCUT2D eigenvalue weighted by Crippen LogP contribution is 2.28. The van der Waals surface area contributed by atoms with Gasteiger partial charge in [0.25, 0.3) is 0 Å². The molecular weight excluding hydrogens is 276 g/mol. The SMILES string of the molecule is CNC(Cc1cccc(F)c1F)c1ccccc1SC. The van der Waals surface area contributed by atoms with E-state index in [1.807, 2.05) is 37.6 Å². The molecular formula is C16H17F2NS. The highest BCUT2D eigenvalue weighted by molar-refractivity contribution is 7.98. The number of rotatable bonds is 5. The molecule has 0 spiro atoms. The first-order valence-corrected chi connectivity index (χ1v) is 7.63. The van der Waals surface area contributed by atoms with E-state index in [2.05, 4.69) is 5.32 Å². The van der Waals surface area contributed by atoms with E-state index in [0.717, 1.165) is 16.5 Å². The maximum absolute atomic E-state index is 13.8. The van der Waals surface area contributed by atoms with Crippen LogP contribution in [0.1, 0.15) is 17.2 Å². The average Bonchev–Trinajstić information content (AvgIpc) is 2.49. The van der Waals surface area contributed by atoms with E-state index < -0.39 is 11.6 Å². The van der Waals surface area contributed by atoms with E-state index in [4.69, 9.17) is 0 Å². The third-order valence-electron chi connectivity index (χ3n) is 3.32. The molecule has 0 aliphatic rings. The van der Waals surface area contributed by atoms with Crippen LogP contribution < -0.4 is 5.32 Å². The fourth-order valence-electron chi connectivity index (χ4n) is 2.25. The van der Waals surface area contributed by atoms with E-state index in [1.54, 1.807) is 23.9 Å². The van der Waals surface area contributed by atoms with Crippen molar-refractivity contribution in [1.82, 2.24) is 5.32 Å². The van der Waals surface area contributed by atoms with Crippen LogP contribution in [0.4, 0.5) is 8.78 Å². The van der Waals surface area contributed by atoms with Crippen molar-refractivity contribution in [2.75, 3.05) is 13.3 Å². The number of likely N-dealkylation sites (N-methyl/N-ethyl adjacent to an activating group) is 1. The predicted molar refractivity (Wildman–Crippen MR) is 80.1 cm³/mol. The second kappa shape index (κ2) is 6.86. The van der Waals surface area contributed by atoms with Crippen molar-refractivity contribution in [3.63, 3.8) is 0 Å². The van der Waals surface area contributed by atoms with E-state index in [1.165, 1.54) is 0 Å². The van der Waals surface area contributed by atoms with Crippen molar-refractivity contribution in [3.8, 4) is 0 Å². The molecule has 1 N–H and O–H groups in total. The normalized spacial score (nSPS) is 12.4. The summed E-state index contributed by atoms with van der Waals surface area (Å²) >= 11 is 1.65. The smallest absolute Gasteiger partial charge is 0.162 e. The molecule has 0 aliphatic carbocycles. The number of benzene rings is 2. The minimum atomic E-state index is -0.796. The van der Waals surface area contributed by atoms with Crippen LogP contribution in [0.3, 0.4) is 0 Å². The van der Waals surface area contributed by atoms with Gasteiger partial charge in [-0.2, -0.15) is 0 Å². The van der Waals surface area contributed by atoms with E-state index in [-0.39, 0.29) is 6.04 Å². The third kappa shape index (κ3) is 3.19. The Kier molecular flexibility index (Phi) is 5.15. The molecule has 20 heavy (non-hydrogen) atoms. The molecule has 1 unspecified atom stereocenters. The summed E-state index contributed by atoms with van der Waals surface area (Å²) in [5, 5.41) is 3.19. The zero-order valence-corrected chi connectivity index (χ0v) is 12.3. The monoisotopic (exact) mass is 293 g/mol. The first-order chi connectivity index (χ1) is 9.67. The fourth-order valence-corrected chi connectivity index (χ4v) is 2.91. The van der Waals surface area contributed by atoms with Gasteiger partial charge in [0.2, 0.25) is 0 Å². The molecule has 0 fully saturated rings. The fraction of sp³-hybridized carbons (Fsp3) is 0.250. The molecule has 0 saturated carbocycles. The molecule has 2 aromatic rings. The maximum atomic E-state index is 13.8. The van der Waals surface area contributed by atoms with Gasteiger partial charge in [0.15, 0.2) is 11.6 Å². The Morgan fingerprint density at radius 3 is 2.55 bits per heavy atom. The van der Waals surface area contributed by atoms with Crippen LogP contribution in [0, 0.1) is 11.6 Å². The van der Waals surface area contributed by atoms with Crippen LogP contribution in [-0.2, 0) is 6.42 Å². The molecule has 2 aromatic carbocycles. The van der Waals surface area contributed by atoms with Gasteiger partial charge in [0.1, 0.15) is 0 Å². The highest BCUT2D eigenvalue weighted by atomic mass is 32.2. The van der Waals surface area contributed by atoms with Gasteiger partial charge in [0.05, 0.1) is 0 Å². The maximum Gasteiger partial charge on any atom is 0.162 e. The summed E-state index contributed by atoms with van der Waals surface area (Å²) in [6.07, 6.45) is 2.42. The van der Waals surface area contributed by atoms with Gasteiger partial charge in [-0.1, -0.05) is 30.3 Å². The second-order valence-electron chi connectivity index (χ2n) is 4.50. The average molecular weight is 293 g/mol. The molecule has 0 aliphatic heterocycles. The van der Waals surface area contributed by atoms with Crippen molar-refractivity contribution < 1.29 is 8.78 Å². The standard InChI is InChI=1S/C16H17F2NS/c1-19-14(12-7-3-4-9-15(12)20-2)10-11-6-5-8-13(17)16(11)18/h3-9,14,19H,10H2,1-2H3. The quantitative estimate of drug-likeness (QED) is 0.830. The molecule has 2 rings (SSSR count). The lowest BCUT2D eigenvalue weighted by molar-refractivity contribution is 0.486. The van der Waals surface area contributed by atoms with E-state index in [0.29, 0.717) is 12.0 Å². The summed E-state index contributed by atoms with van der Waals surface area (Å²) in [6.45, 7) is 0. The minimum Gasteiger partial charge on any atom is -0.313 e. The lowest BCUT2D eigenvalue weighted by Gasteiger charge is -2.19. The van der Waals surface area contributed by atoms with Crippen LogP contribution in [-0.4, -0.2) is 13.3 Å². The molecule has 106 valence electrons. The zero-order chi connectivity index (χ0) is 14.5. The number of thioether (sulfide) groups is 1. The zero-order valence-electron chi connectivity index (χ0n) is 11.5. The molecule has 0 bridgehead atoms. The number of nitrogens with one attached hydrogen (secondary N) is 1. The molecule has 0 heterocycles. The van der Waals surface area contributed by atoms with Crippen molar-refractivity contribution in [1.29, 1.82) is 0 Å². The molecule has 0 aromatic heterocycles. The van der Waals surface area contributed by atoms with Crippen LogP contribution in [0.15, 0.2) is 47.4 Å². The van der Waals surface area contributed by atoms with Gasteiger partial charge in [-0.05, 0) is 43.0 Å². The Morgan fingerprint density at radius 1 is 1.10 bits per heavy atom. The number of hydrogen-bond donors (Lipinski definition) is 1. The Balaban J connectivity index is 2.31. The summed E-state index contributed by atoms with van der Waals surface area (Å²) in [7, 11) is 1.83. The topological polar surface area (TPSA) is 12.0 Å². The van der Waals surface area contributed by atoms with Gasteiger partial charge in [-0.25, -0.2) is 8.78 Å². The Morgan fingerprint density at radius 2 is 1.85 bits per heavy atom. The Bertz CT molecular complexity index is 586. The van der Waals surface area contributed by atoms with E-state index >= 15 is 0 Å². The van der Waals surface area contributed by atoms with Gasteiger partial charge < -0.3 is 5.32 Å². The van der Waals surface area contributed by atoms with Crippen LogP contribution in [0.5, 0.6) is 0 Å². The molecule has 0 radical (unpaired) electrons. The lowest BCUT2D eigenvalue weighted by Crippen LogP contribution is -2.20. The van der Waals surface area contributed by atoms with Crippen LogP contribution in [0.2, 0.25) is 0 Å². The molecule has 1 nitrogen and oxygen atoms in total. The van der Waals surface area contributed by atoms with Gasteiger partial charge in [0, 0.05) is 10.9 Å². The van der Waals surface area contributed by atoms with Crippen LogP contribution in [0.25, 0.3) is 0 Å². The van der Waals surface area contributed by atoms with Crippen molar-refractivity contribution in [3.05, 3.63) is 65.2 Å². The summed E-state index contributed by atoms with van der Waals surface area (Å²) in [5.41, 5.74) is 1.49. The van der Waals surface area contributed by atoms with Crippen LogP contribution >= 0.6 is 11.8 Å². The minimum absolute atomic E-state index is 0.0463. The second-order valence-corrected chi connectivity index (χ2v) is 5.35. The molecule has 0 saturated heterocycles. The molecule has 4 heteroatoms. The van der Waals surface area contributed by atoms with Gasteiger partial charge in [-0.15, -0.1) is 11.8 Å². The summed E-state index contributed by atoms with van der Waals surface area (Å²) in [6, 6.07) is 12.3. The Labute approximate surface area is 122 Å². The molecule has 1 atom stereocenters. The first-order valence-electron chi connectivity index (χ1n) is 6.40. The lowest BCUT2D eigenvalue weighted by atomic mass is 9.98. The predicted octanol–water partition coefficient (Wildman–Crippen LogP) is 4.19. The van der Waals surface area contributed by atoms with E-state index in [9.17, 15) is 8.78 Å². The number of hydrogen-bond acceptors (Lipinski definition) is 2. The summed E-state index contributed by atoms with van der Waals surface area (Å²) in [4.78, 5) is 1.14. The summed E-state index contributed by atoms with van der Waals surface area (Å²) < 4.78 is 27.1. The summed E-state index contributed by atoms with van der Waals surface area (Å²) in [5.74, 6) is -1.55. The highest BCUT2D eigenvalue weighted by Gasteiger charge is 2.17. The van der Waals surface area contributed by atoms with Crippen molar-refractivity contribution >= 4 is 11.8 Å². The molecule has 0 amide bonds. The van der Waals surface area contributed by atoms with Gasteiger partial charge >= 0.3 is 0 Å². The third-order valence-corrected chi connectivity index (χ3v) is 4.13. The largest absolute Gasteiger partial charge is 0.313 e.